The molecule has 148 valence electrons. The Kier molecular flexibility index (Phi) is 10.2. The van der Waals surface area contributed by atoms with Crippen molar-refractivity contribution in [3.8, 4) is 0 Å². The molecule has 3 N–H and O–H groups in total. The molecule has 0 atom stereocenters. The van der Waals surface area contributed by atoms with Gasteiger partial charge in [-0.2, -0.15) is 0 Å². The Bertz CT molecular complexity index is 794. The summed E-state index contributed by atoms with van der Waals surface area (Å²) >= 11 is 5.03. The van der Waals surface area contributed by atoms with Crippen LogP contribution in [0.1, 0.15) is 36.0 Å². The minimum Gasteiger partial charge on any atom is -0.350 e. The number of thiazole rings is 1. The molecule has 1 aromatic carbocycles. The van der Waals surface area contributed by atoms with Crippen LogP contribution in [0.25, 0.3) is 0 Å². The summed E-state index contributed by atoms with van der Waals surface area (Å²) in [5.41, 5.74) is 2.89. The van der Waals surface area contributed by atoms with Gasteiger partial charge < -0.3 is 16.0 Å². The Morgan fingerprint density at radius 1 is 1.33 bits per heavy atom. The SMILES string of the molecule is CN=C(NCC(=O)Nc1cc(Br)ccc1C)NCc1nc(C(C)C)cs1.I. The maximum absolute atomic E-state index is 12.2. The zero-order valence-corrected chi connectivity index (χ0v) is 20.5. The number of hydrogen-bond donors (Lipinski definition) is 3. The van der Waals surface area contributed by atoms with Crippen LogP contribution >= 0.6 is 51.2 Å². The number of amides is 1. The lowest BCUT2D eigenvalue weighted by Crippen LogP contribution is -2.41. The highest BCUT2D eigenvalue weighted by atomic mass is 127. The van der Waals surface area contributed by atoms with Crippen LogP contribution in [0.2, 0.25) is 0 Å². The van der Waals surface area contributed by atoms with Gasteiger partial charge in [-0.15, -0.1) is 35.3 Å². The second kappa shape index (κ2) is 11.6. The molecule has 1 aromatic heterocycles. The van der Waals surface area contributed by atoms with E-state index >= 15 is 0 Å². The molecule has 0 radical (unpaired) electrons. The largest absolute Gasteiger partial charge is 0.350 e. The van der Waals surface area contributed by atoms with Gasteiger partial charge in [0.05, 0.1) is 18.8 Å². The zero-order valence-electron chi connectivity index (χ0n) is 15.8. The topological polar surface area (TPSA) is 78.4 Å². The van der Waals surface area contributed by atoms with Crippen LogP contribution in [0.15, 0.2) is 33.0 Å². The van der Waals surface area contributed by atoms with Crippen molar-refractivity contribution in [1.82, 2.24) is 15.6 Å². The average molecular weight is 566 g/mol. The summed E-state index contributed by atoms with van der Waals surface area (Å²) in [6, 6.07) is 5.78. The molecular formula is C18H25BrIN5OS. The van der Waals surface area contributed by atoms with Crippen LogP contribution in [0, 0.1) is 6.92 Å². The number of guanidine groups is 1. The van der Waals surface area contributed by atoms with Crippen LogP contribution in [-0.2, 0) is 11.3 Å². The first-order valence-electron chi connectivity index (χ1n) is 8.34. The van der Waals surface area contributed by atoms with Gasteiger partial charge in [0.15, 0.2) is 5.96 Å². The van der Waals surface area contributed by atoms with Gasteiger partial charge in [0.1, 0.15) is 5.01 Å². The van der Waals surface area contributed by atoms with Crippen molar-refractivity contribution >= 4 is 68.8 Å². The summed E-state index contributed by atoms with van der Waals surface area (Å²) in [4.78, 5) is 20.9. The van der Waals surface area contributed by atoms with E-state index in [1.807, 2.05) is 25.1 Å². The molecule has 2 aromatic rings. The second-order valence-corrected chi connectivity index (χ2v) is 7.97. The van der Waals surface area contributed by atoms with Crippen molar-refractivity contribution in [3.05, 3.63) is 44.3 Å². The van der Waals surface area contributed by atoms with E-state index in [-0.39, 0.29) is 36.4 Å². The number of nitrogens with zero attached hydrogens (tertiary/aromatic N) is 2. The lowest BCUT2D eigenvalue weighted by atomic mass is 10.2. The quantitative estimate of drug-likeness (QED) is 0.278. The highest BCUT2D eigenvalue weighted by Crippen LogP contribution is 2.20. The predicted molar refractivity (Wildman–Crippen MR) is 127 cm³/mol. The molecule has 0 unspecified atom stereocenters. The lowest BCUT2D eigenvalue weighted by molar-refractivity contribution is -0.115. The van der Waals surface area contributed by atoms with Gasteiger partial charge in [-0.3, -0.25) is 9.79 Å². The van der Waals surface area contributed by atoms with E-state index in [9.17, 15) is 4.79 Å². The summed E-state index contributed by atoms with van der Waals surface area (Å²) in [6.07, 6.45) is 0. The first-order chi connectivity index (χ1) is 12.4. The lowest BCUT2D eigenvalue weighted by Gasteiger charge is -2.12. The van der Waals surface area contributed by atoms with Crippen molar-refractivity contribution in [1.29, 1.82) is 0 Å². The number of aliphatic imine (C=N–C) groups is 1. The van der Waals surface area contributed by atoms with Crippen LogP contribution in [-0.4, -0.2) is 30.4 Å². The van der Waals surface area contributed by atoms with Gasteiger partial charge in [-0.1, -0.05) is 35.8 Å². The van der Waals surface area contributed by atoms with Gasteiger partial charge in [0, 0.05) is 22.6 Å². The molecule has 0 aliphatic carbocycles. The number of rotatable bonds is 6. The highest BCUT2D eigenvalue weighted by Gasteiger charge is 2.09. The average Bonchev–Trinajstić information content (AvgIpc) is 3.07. The smallest absolute Gasteiger partial charge is 0.243 e. The normalized spacial score (nSPS) is 11.1. The number of carbonyl (C=O) groups is 1. The fraction of sp³-hybridized carbons (Fsp3) is 0.389. The van der Waals surface area contributed by atoms with Gasteiger partial charge in [-0.05, 0) is 30.5 Å². The number of nitrogens with one attached hydrogen (secondary N) is 3. The molecule has 2 rings (SSSR count). The van der Waals surface area contributed by atoms with Gasteiger partial charge in [0.2, 0.25) is 5.91 Å². The maximum Gasteiger partial charge on any atom is 0.243 e. The van der Waals surface area contributed by atoms with E-state index in [4.69, 9.17) is 0 Å². The van der Waals surface area contributed by atoms with Crippen molar-refractivity contribution < 1.29 is 4.79 Å². The third-order valence-electron chi connectivity index (χ3n) is 3.68. The van der Waals surface area contributed by atoms with Crippen molar-refractivity contribution in [2.45, 2.75) is 33.2 Å². The number of anilines is 1. The molecule has 0 bridgehead atoms. The summed E-state index contributed by atoms with van der Waals surface area (Å²) in [6.45, 7) is 6.90. The Hall–Kier alpha value is -1.20. The number of benzene rings is 1. The Morgan fingerprint density at radius 2 is 2.07 bits per heavy atom. The summed E-state index contributed by atoms with van der Waals surface area (Å²) in [5, 5.41) is 12.2. The van der Waals surface area contributed by atoms with Gasteiger partial charge in [-0.25, -0.2) is 4.98 Å². The number of halogens is 2. The third-order valence-corrected chi connectivity index (χ3v) is 5.04. The van der Waals surface area contributed by atoms with Crippen molar-refractivity contribution in [2.75, 3.05) is 18.9 Å². The molecule has 0 aliphatic heterocycles. The molecule has 6 nitrogen and oxygen atoms in total. The monoisotopic (exact) mass is 565 g/mol. The Morgan fingerprint density at radius 3 is 2.70 bits per heavy atom. The van der Waals surface area contributed by atoms with Crippen LogP contribution < -0.4 is 16.0 Å². The highest BCUT2D eigenvalue weighted by molar-refractivity contribution is 14.0. The first-order valence-corrected chi connectivity index (χ1v) is 10.0. The number of hydrogen-bond acceptors (Lipinski definition) is 4. The molecule has 0 fully saturated rings. The van der Waals surface area contributed by atoms with E-state index in [0.717, 1.165) is 26.4 Å². The minimum atomic E-state index is -0.134. The Balaban J connectivity index is 0.00000364. The van der Waals surface area contributed by atoms with Crippen molar-refractivity contribution in [2.24, 2.45) is 4.99 Å². The third kappa shape index (κ3) is 7.74. The van der Waals surface area contributed by atoms with E-state index in [1.54, 1.807) is 18.4 Å². The molecule has 0 saturated carbocycles. The predicted octanol–water partition coefficient (Wildman–Crippen LogP) is 4.26. The second-order valence-electron chi connectivity index (χ2n) is 6.11. The van der Waals surface area contributed by atoms with E-state index in [2.05, 4.69) is 61.1 Å². The molecule has 0 saturated heterocycles. The van der Waals surface area contributed by atoms with E-state index < -0.39 is 0 Å². The zero-order chi connectivity index (χ0) is 19.1. The van der Waals surface area contributed by atoms with E-state index in [0.29, 0.717) is 18.4 Å². The number of aromatic nitrogens is 1. The first kappa shape index (κ1) is 23.8. The molecule has 0 aliphatic rings. The standard InChI is InChI=1S/C18H24BrN5OS.HI/c1-11(2)15-10-26-17(24-15)9-22-18(20-4)21-8-16(25)23-14-7-13(19)6-5-12(14)3;/h5-7,10-11H,8-9H2,1-4H3,(H,23,25)(H2,20,21,22);1H. The van der Waals surface area contributed by atoms with Crippen LogP contribution in [0.3, 0.4) is 0 Å². The molecule has 0 spiro atoms. The van der Waals surface area contributed by atoms with E-state index in [1.165, 1.54) is 0 Å². The fourth-order valence-corrected chi connectivity index (χ4v) is 3.40. The van der Waals surface area contributed by atoms with Gasteiger partial charge >= 0.3 is 0 Å². The fourth-order valence-electron chi connectivity index (χ4n) is 2.14. The maximum atomic E-state index is 12.2. The molecule has 27 heavy (non-hydrogen) atoms. The van der Waals surface area contributed by atoms with Crippen LogP contribution in [0.4, 0.5) is 5.69 Å². The molecule has 9 heteroatoms. The summed E-state index contributed by atoms with van der Waals surface area (Å²) in [5.74, 6) is 0.848. The van der Waals surface area contributed by atoms with Crippen LogP contribution in [0.5, 0.6) is 0 Å². The molecular weight excluding hydrogens is 541 g/mol. The van der Waals surface area contributed by atoms with Crippen molar-refractivity contribution in [3.63, 3.8) is 0 Å². The van der Waals surface area contributed by atoms with Gasteiger partial charge in [0.25, 0.3) is 0 Å². The minimum absolute atomic E-state index is 0. The molecule has 1 amide bonds. The summed E-state index contributed by atoms with van der Waals surface area (Å²) in [7, 11) is 1.67. The Labute approximate surface area is 189 Å². The number of aryl methyl sites for hydroxylation is 1. The number of carbonyl (C=O) groups excluding carboxylic acids is 1. The summed E-state index contributed by atoms with van der Waals surface area (Å²) < 4.78 is 0.924. The molecule has 1 heterocycles.